The van der Waals surface area contributed by atoms with Gasteiger partial charge in [0.1, 0.15) is 12.4 Å². The molecule has 16 heavy (non-hydrogen) atoms. The normalized spacial score (nSPS) is 18.1. The molecular formula is C9H10N2O4S. The first-order chi connectivity index (χ1) is 7.66. The van der Waals surface area contributed by atoms with Crippen molar-refractivity contribution in [2.24, 2.45) is 5.10 Å². The van der Waals surface area contributed by atoms with Gasteiger partial charge in [-0.25, -0.2) is 4.79 Å². The molecule has 1 amide bonds. The Morgan fingerprint density at radius 1 is 1.56 bits per heavy atom. The molecule has 2 heterocycles. The Hall–Kier alpha value is -1.63. The molecule has 0 aromatic carbocycles. The van der Waals surface area contributed by atoms with Crippen LogP contribution in [0.1, 0.15) is 5.76 Å². The lowest BCUT2D eigenvalue weighted by Crippen LogP contribution is -2.17. The standard InChI is InChI=1S/C9H10N2O4S/c1-16(13)8-3-2-7(15-8)6-10-11-4-5-14-9(11)12/h2-3,6H,4-5H2,1H3/b10-6+. The van der Waals surface area contributed by atoms with Gasteiger partial charge in [-0.3, -0.25) is 4.21 Å². The van der Waals surface area contributed by atoms with E-state index in [-0.39, 0.29) is 0 Å². The smallest absolute Gasteiger partial charge is 0.430 e. The van der Waals surface area contributed by atoms with Crippen molar-refractivity contribution >= 4 is 23.1 Å². The summed E-state index contributed by atoms with van der Waals surface area (Å²) in [6.07, 6.45) is 2.45. The molecule has 1 aliphatic rings. The van der Waals surface area contributed by atoms with Crippen molar-refractivity contribution in [3.05, 3.63) is 17.9 Å². The maximum atomic E-state index is 11.1. The second-order valence-corrected chi connectivity index (χ2v) is 4.40. The number of cyclic esters (lactones) is 1. The summed E-state index contributed by atoms with van der Waals surface area (Å²) >= 11 is 0. The Kier molecular flexibility index (Phi) is 3.04. The first kappa shape index (κ1) is 10.9. The van der Waals surface area contributed by atoms with Crippen LogP contribution in [0.2, 0.25) is 0 Å². The Morgan fingerprint density at radius 3 is 2.94 bits per heavy atom. The summed E-state index contributed by atoms with van der Waals surface area (Å²) in [5.74, 6) is 0.449. The van der Waals surface area contributed by atoms with E-state index in [1.807, 2.05) is 0 Å². The molecule has 86 valence electrons. The van der Waals surface area contributed by atoms with Crippen molar-refractivity contribution in [2.75, 3.05) is 19.4 Å². The maximum absolute atomic E-state index is 11.1. The van der Waals surface area contributed by atoms with E-state index in [9.17, 15) is 9.00 Å². The molecule has 1 unspecified atom stereocenters. The number of amides is 1. The first-order valence-electron chi connectivity index (χ1n) is 4.58. The molecule has 1 aliphatic heterocycles. The zero-order valence-corrected chi connectivity index (χ0v) is 9.40. The molecule has 0 spiro atoms. The van der Waals surface area contributed by atoms with Crippen molar-refractivity contribution in [1.29, 1.82) is 0 Å². The first-order valence-corrected chi connectivity index (χ1v) is 6.14. The highest BCUT2D eigenvalue weighted by Crippen LogP contribution is 2.10. The molecule has 0 bridgehead atoms. The molecule has 0 aliphatic carbocycles. The third kappa shape index (κ3) is 2.30. The summed E-state index contributed by atoms with van der Waals surface area (Å²) in [5.41, 5.74) is 0. The summed E-state index contributed by atoms with van der Waals surface area (Å²) in [7, 11) is -1.15. The van der Waals surface area contributed by atoms with Crippen LogP contribution in [-0.4, -0.2) is 40.9 Å². The van der Waals surface area contributed by atoms with Gasteiger partial charge in [-0.05, 0) is 12.1 Å². The van der Waals surface area contributed by atoms with Gasteiger partial charge in [0.2, 0.25) is 0 Å². The summed E-state index contributed by atoms with van der Waals surface area (Å²) < 4.78 is 21.0. The number of nitrogens with zero attached hydrogens (tertiary/aromatic N) is 2. The Balaban J connectivity index is 2.05. The Bertz CT molecular complexity index is 454. The average Bonchev–Trinajstić information content (AvgIpc) is 2.83. The number of hydrogen-bond acceptors (Lipinski definition) is 5. The predicted molar refractivity (Wildman–Crippen MR) is 56.7 cm³/mol. The molecule has 1 aromatic heterocycles. The topological polar surface area (TPSA) is 72.1 Å². The fourth-order valence-electron chi connectivity index (χ4n) is 1.17. The Morgan fingerprint density at radius 2 is 2.38 bits per heavy atom. The minimum atomic E-state index is -1.15. The molecule has 1 saturated heterocycles. The lowest BCUT2D eigenvalue weighted by Gasteiger charge is -2.01. The van der Waals surface area contributed by atoms with Crippen LogP contribution in [-0.2, 0) is 15.5 Å². The van der Waals surface area contributed by atoms with Crippen molar-refractivity contribution in [1.82, 2.24) is 5.01 Å². The fourth-order valence-corrected chi connectivity index (χ4v) is 1.65. The molecular weight excluding hydrogens is 232 g/mol. The molecule has 1 fully saturated rings. The van der Waals surface area contributed by atoms with Gasteiger partial charge < -0.3 is 9.15 Å². The molecule has 7 heteroatoms. The van der Waals surface area contributed by atoms with Gasteiger partial charge >= 0.3 is 6.09 Å². The van der Waals surface area contributed by atoms with E-state index < -0.39 is 16.9 Å². The fraction of sp³-hybridized carbons (Fsp3) is 0.333. The number of hydrogen-bond donors (Lipinski definition) is 0. The van der Waals surface area contributed by atoms with E-state index in [0.29, 0.717) is 24.0 Å². The van der Waals surface area contributed by atoms with Gasteiger partial charge in [0.05, 0.1) is 23.6 Å². The van der Waals surface area contributed by atoms with Crippen LogP contribution in [0.3, 0.4) is 0 Å². The van der Waals surface area contributed by atoms with E-state index in [1.54, 1.807) is 12.1 Å². The second kappa shape index (κ2) is 4.48. The van der Waals surface area contributed by atoms with Crippen LogP contribution in [0.25, 0.3) is 0 Å². The number of hydrazone groups is 1. The van der Waals surface area contributed by atoms with Crippen molar-refractivity contribution in [2.45, 2.75) is 5.09 Å². The predicted octanol–water partition coefficient (Wildman–Crippen LogP) is 0.803. The zero-order valence-electron chi connectivity index (χ0n) is 8.58. The highest BCUT2D eigenvalue weighted by molar-refractivity contribution is 7.84. The third-order valence-electron chi connectivity index (χ3n) is 1.95. The van der Waals surface area contributed by atoms with Crippen molar-refractivity contribution < 1.29 is 18.2 Å². The monoisotopic (exact) mass is 242 g/mol. The van der Waals surface area contributed by atoms with Gasteiger partial charge in [-0.15, -0.1) is 0 Å². The van der Waals surface area contributed by atoms with Crippen molar-refractivity contribution in [3.8, 4) is 0 Å². The molecule has 0 radical (unpaired) electrons. The summed E-state index contributed by atoms with van der Waals surface area (Å²) in [6.45, 7) is 0.779. The highest BCUT2D eigenvalue weighted by Gasteiger charge is 2.20. The zero-order chi connectivity index (χ0) is 11.5. The van der Waals surface area contributed by atoms with Crippen molar-refractivity contribution in [3.63, 3.8) is 0 Å². The Labute approximate surface area is 94.3 Å². The summed E-state index contributed by atoms with van der Waals surface area (Å²) in [5, 5.41) is 5.47. The average molecular weight is 242 g/mol. The largest absolute Gasteiger partial charge is 0.446 e. The summed E-state index contributed by atoms with van der Waals surface area (Å²) in [6, 6.07) is 3.25. The van der Waals surface area contributed by atoms with Crippen LogP contribution in [0.4, 0.5) is 4.79 Å². The van der Waals surface area contributed by atoms with Gasteiger partial charge in [0.15, 0.2) is 5.09 Å². The maximum Gasteiger partial charge on any atom is 0.430 e. The van der Waals surface area contributed by atoms with Crippen LogP contribution >= 0.6 is 0 Å². The van der Waals surface area contributed by atoms with E-state index in [0.717, 1.165) is 0 Å². The van der Waals surface area contributed by atoms with Gasteiger partial charge in [-0.1, -0.05) is 0 Å². The van der Waals surface area contributed by atoms with E-state index in [4.69, 9.17) is 9.15 Å². The molecule has 6 nitrogen and oxygen atoms in total. The van der Waals surface area contributed by atoms with Gasteiger partial charge in [0, 0.05) is 6.26 Å². The number of furan rings is 1. The van der Waals surface area contributed by atoms with Crippen LogP contribution in [0.5, 0.6) is 0 Å². The minimum absolute atomic E-state index is 0.346. The summed E-state index contributed by atoms with van der Waals surface area (Å²) in [4.78, 5) is 11.0. The van der Waals surface area contributed by atoms with Crippen LogP contribution in [0, 0.1) is 0 Å². The number of rotatable bonds is 3. The number of ether oxygens (including phenoxy) is 1. The van der Waals surface area contributed by atoms with E-state index >= 15 is 0 Å². The van der Waals surface area contributed by atoms with Gasteiger partial charge in [0.25, 0.3) is 0 Å². The number of carbonyl (C=O) groups excluding carboxylic acids is 1. The lowest BCUT2D eigenvalue weighted by atomic mass is 10.5. The molecule has 0 N–H and O–H groups in total. The number of carbonyl (C=O) groups is 1. The molecule has 1 aromatic rings. The quantitative estimate of drug-likeness (QED) is 0.735. The van der Waals surface area contributed by atoms with Crippen LogP contribution < -0.4 is 0 Å². The highest BCUT2D eigenvalue weighted by atomic mass is 32.2. The SMILES string of the molecule is CS(=O)c1ccc(/C=N/N2CCOC2=O)o1. The van der Waals surface area contributed by atoms with E-state index in [2.05, 4.69) is 5.10 Å². The minimum Gasteiger partial charge on any atom is -0.446 e. The lowest BCUT2D eigenvalue weighted by molar-refractivity contribution is 0.159. The molecule has 2 rings (SSSR count). The van der Waals surface area contributed by atoms with Crippen LogP contribution in [0.15, 0.2) is 26.7 Å². The van der Waals surface area contributed by atoms with E-state index in [1.165, 1.54) is 17.5 Å². The molecule has 1 atom stereocenters. The third-order valence-corrected chi connectivity index (χ3v) is 2.74. The molecule has 0 saturated carbocycles. The second-order valence-electron chi connectivity index (χ2n) is 3.09. The van der Waals surface area contributed by atoms with Gasteiger partial charge in [-0.2, -0.15) is 10.1 Å².